The maximum Gasteiger partial charge on any atom is 0.170 e. The molecule has 4 rings (SSSR count). The summed E-state index contributed by atoms with van der Waals surface area (Å²) in [6.07, 6.45) is 5.41. The number of hydrogen-bond donors (Lipinski definition) is 1. The lowest BCUT2D eigenvalue weighted by Gasteiger charge is -2.21. The Hall–Kier alpha value is -2.79. The number of allylic oxidation sites excluding steroid dienone is 2. The van der Waals surface area contributed by atoms with Crippen molar-refractivity contribution in [3.63, 3.8) is 0 Å². The van der Waals surface area contributed by atoms with E-state index in [9.17, 15) is 9.90 Å². The Labute approximate surface area is 184 Å². The molecule has 2 aromatic heterocycles. The molecule has 0 radical (unpaired) electrons. The number of aliphatic hydroxyl groups excluding tert-OH is 1. The van der Waals surface area contributed by atoms with Crippen molar-refractivity contribution in [1.29, 1.82) is 0 Å². The minimum absolute atomic E-state index is 0.0629. The monoisotopic (exact) mass is 417 g/mol. The predicted molar refractivity (Wildman–Crippen MR) is 125 cm³/mol. The van der Waals surface area contributed by atoms with Gasteiger partial charge in [0.15, 0.2) is 5.78 Å². The van der Waals surface area contributed by atoms with Crippen LogP contribution in [0.15, 0.2) is 43.1 Å². The third kappa shape index (κ3) is 3.94. The fourth-order valence-corrected chi connectivity index (χ4v) is 4.65. The SMILES string of the molecule is C=Cc1ccc(-c2ccnc(N3C[C@@H]4C(CO)[C@@H]4C3)c2)nc1/C(=C\C)C(=O)C(C)(C)C. The zero-order valence-corrected chi connectivity index (χ0v) is 18.8. The number of hydrogen-bond acceptors (Lipinski definition) is 5. The van der Waals surface area contributed by atoms with Crippen molar-refractivity contribution >= 4 is 23.3 Å². The van der Waals surface area contributed by atoms with Gasteiger partial charge in [0.2, 0.25) is 0 Å². The molecule has 31 heavy (non-hydrogen) atoms. The first kappa shape index (κ1) is 21.4. The molecule has 0 spiro atoms. The third-order valence-corrected chi connectivity index (χ3v) is 6.56. The second-order valence-corrected chi connectivity index (χ2v) is 9.60. The Morgan fingerprint density at radius 3 is 2.55 bits per heavy atom. The highest BCUT2D eigenvalue weighted by molar-refractivity contribution is 6.23. The second-order valence-electron chi connectivity index (χ2n) is 9.60. The minimum Gasteiger partial charge on any atom is -0.396 e. The lowest BCUT2D eigenvalue weighted by molar-refractivity contribution is -0.120. The molecule has 0 bridgehead atoms. The van der Waals surface area contributed by atoms with Crippen molar-refractivity contribution < 1.29 is 9.90 Å². The number of Topliss-reactive ketones (excluding diaryl/α,β-unsaturated/α-hetero) is 1. The highest BCUT2D eigenvalue weighted by Gasteiger charge is 2.55. The smallest absolute Gasteiger partial charge is 0.170 e. The number of pyridine rings is 2. The summed E-state index contributed by atoms with van der Waals surface area (Å²) in [4.78, 5) is 24.8. The van der Waals surface area contributed by atoms with Crippen LogP contribution in [0.2, 0.25) is 0 Å². The van der Waals surface area contributed by atoms with E-state index in [1.807, 2.05) is 58.2 Å². The van der Waals surface area contributed by atoms with Gasteiger partial charge < -0.3 is 10.0 Å². The van der Waals surface area contributed by atoms with E-state index in [4.69, 9.17) is 4.98 Å². The Morgan fingerprint density at radius 1 is 1.26 bits per heavy atom. The quantitative estimate of drug-likeness (QED) is 0.702. The van der Waals surface area contributed by atoms with Gasteiger partial charge in [0.1, 0.15) is 5.82 Å². The lowest BCUT2D eigenvalue weighted by Crippen LogP contribution is -2.25. The molecular weight excluding hydrogens is 386 g/mol. The zero-order chi connectivity index (χ0) is 22.3. The molecule has 2 aromatic rings. The Balaban J connectivity index is 1.66. The van der Waals surface area contributed by atoms with Gasteiger partial charge in [-0.2, -0.15) is 0 Å². The van der Waals surface area contributed by atoms with Crippen LogP contribution in [0, 0.1) is 23.2 Å². The molecule has 2 fully saturated rings. The van der Waals surface area contributed by atoms with Crippen LogP contribution in [0.3, 0.4) is 0 Å². The maximum atomic E-state index is 13.0. The highest BCUT2D eigenvalue weighted by atomic mass is 16.3. The molecule has 1 N–H and O–H groups in total. The van der Waals surface area contributed by atoms with Gasteiger partial charge >= 0.3 is 0 Å². The first-order valence-electron chi connectivity index (χ1n) is 11.0. The van der Waals surface area contributed by atoms with E-state index in [1.54, 1.807) is 6.08 Å². The number of fused-ring (bicyclic) bond motifs is 1. The summed E-state index contributed by atoms with van der Waals surface area (Å²) >= 11 is 0. The lowest BCUT2D eigenvalue weighted by atomic mass is 9.84. The fraction of sp³-hybridized carbons (Fsp3) is 0.423. The molecule has 5 nitrogen and oxygen atoms in total. The fourth-order valence-electron chi connectivity index (χ4n) is 4.65. The largest absolute Gasteiger partial charge is 0.396 e. The Morgan fingerprint density at radius 2 is 1.97 bits per heavy atom. The molecule has 3 atom stereocenters. The molecule has 0 aromatic carbocycles. The van der Waals surface area contributed by atoms with Gasteiger partial charge in [-0.3, -0.25) is 4.79 Å². The number of piperidine rings is 1. The topological polar surface area (TPSA) is 66.3 Å². The van der Waals surface area contributed by atoms with Crippen LogP contribution in [0.1, 0.15) is 39.0 Å². The molecule has 1 aliphatic carbocycles. The molecule has 1 unspecified atom stereocenters. The van der Waals surface area contributed by atoms with E-state index < -0.39 is 5.41 Å². The van der Waals surface area contributed by atoms with Crippen LogP contribution in [0.5, 0.6) is 0 Å². The van der Waals surface area contributed by atoms with Gasteiger partial charge in [0, 0.05) is 48.0 Å². The summed E-state index contributed by atoms with van der Waals surface area (Å²) in [5.41, 5.74) is 3.42. The Kier molecular flexibility index (Phi) is 5.56. The summed E-state index contributed by atoms with van der Waals surface area (Å²) in [5, 5.41) is 9.41. The van der Waals surface area contributed by atoms with Crippen molar-refractivity contribution in [2.24, 2.45) is 23.2 Å². The van der Waals surface area contributed by atoms with Crippen molar-refractivity contribution in [2.75, 3.05) is 24.6 Å². The zero-order valence-electron chi connectivity index (χ0n) is 18.8. The maximum absolute atomic E-state index is 13.0. The minimum atomic E-state index is -0.495. The van der Waals surface area contributed by atoms with Crippen molar-refractivity contribution in [1.82, 2.24) is 9.97 Å². The van der Waals surface area contributed by atoms with Gasteiger partial charge in [-0.15, -0.1) is 0 Å². The number of carbonyl (C=O) groups excluding carboxylic acids is 1. The van der Waals surface area contributed by atoms with E-state index >= 15 is 0 Å². The van der Waals surface area contributed by atoms with Gasteiger partial charge in [-0.25, -0.2) is 9.97 Å². The average Bonchev–Trinajstić information content (AvgIpc) is 3.23. The first-order valence-corrected chi connectivity index (χ1v) is 11.0. The van der Waals surface area contributed by atoms with Gasteiger partial charge in [-0.05, 0) is 42.9 Å². The number of aromatic nitrogens is 2. The average molecular weight is 418 g/mol. The summed E-state index contributed by atoms with van der Waals surface area (Å²) in [6, 6.07) is 7.97. The second kappa shape index (κ2) is 8.04. The van der Waals surface area contributed by atoms with Crippen LogP contribution < -0.4 is 4.90 Å². The van der Waals surface area contributed by atoms with Gasteiger partial charge in [0.05, 0.1) is 11.4 Å². The molecule has 1 aliphatic heterocycles. The predicted octanol–water partition coefficient (Wildman–Crippen LogP) is 4.48. The summed E-state index contributed by atoms with van der Waals surface area (Å²) in [6.45, 7) is 13.7. The molecule has 5 heteroatoms. The van der Waals surface area contributed by atoms with Crippen LogP contribution in [-0.4, -0.2) is 40.6 Å². The number of anilines is 1. The number of aliphatic hydroxyl groups is 1. The summed E-state index contributed by atoms with van der Waals surface area (Å²) in [7, 11) is 0. The molecular formula is C26H31N3O2. The number of nitrogens with zero attached hydrogens (tertiary/aromatic N) is 3. The highest BCUT2D eigenvalue weighted by Crippen LogP contribution is 2.52. The third-order valence-electron chi connectivity index (χ3n) is 6.56. The van der Waals surface area contributed by atoms with E-state index in [2.05, 4.69) is 22.5 Å². The molecule has 162 valence electrons. The number of ketones is 1. The molecule has 2 aliphatic rings. The van der Waals surface area contributed by atoms with Crippen LogP contribution in [0.4, 0.5) is 5.82 Å². The summed E-state index contributed by atoms with van der Waals surface area (Å²) < 4.78 is 0. The Bertz CT molecular complexity index is 1040. The van der Waals surface area contributed by atoms with E-state index in [1.165, 1.54) is 0 Å². The van der Waals surface area contributed by atoms with Crippen molar-refractivity contribution in [2.45, 2.75) is 27.7 Å². The molecule has 0 amide bonds. The molecule has 1 saturated carbocycles. The number of carbonyl (C=O) groups is 1. The van der Waals surface area contributed by atoms with Gasteiger partial charge in [-0.1, -0.05) is 45.6 Å². The van der Waals surface area contributed by atoms with E-state index in [-0.39, 0.29) is 5.78 Å². The normalized spacial score (nSPS) is 22.9. The molecule has 3 heterocycles. The molecule has 1 saturated heterocycles. The summed E-state index contributed by atoms with van der Waals surface area (Å²) in [5.74, 6) is 2.65. The first-order chi connectivity index (χ1) is 14.8. The van der Waals surface area contributed by atoms with E-state index in [0.29, 0.717) is 35.6 Å². The van der Waals surface area contributed by atoms with E-state index in [0.717, 1.165) is 35.7 Å². The van der Waals surface area contributed by atoms with Crippen LogP contribution in [-0.2, 0) is 4.79 Å². The van der Waals surface area contributed by atoms with Crippen LogP contribution in [0.25, 0.3) is 22.9 Å². The van der Waals surface area contributed by atoms with Crippen molar-refractivity contribution in [3.05, 3.63) is 54.4 Å². The standard InChI is InChI=1S/C26H31N3O2/c1-6-16-8-9-22(28-24(16)18(7-2)25(31)26(3,4)5)17-10-11-27-23(12-17)29-13-19-20(14-29)21(19)15-30/h6-12,19-21,30H,1,13-15H2,2-5H3/b18-7+/t19-,20+,21?. The number of rotatable bonds is 6. The van der Waals surface area contributed by atoms with Crippen LogP contribution >= 0.6 is 0 Å². The van der Waals surface area contributed by atoms with Gasteiger partial charge in [0.25, 0.3) is 0 Å². The van der Waals surface area contributed by atoms with Crippen molar-refractivity contribution in [3.8, 4) is 11.3 Å².